The van der Waals surface area contributed by atoms with E-state index in [0.29, 0.717) is 24.1 Å². The largest absolute Gasteiger partial charge is 0.366 e. The van der Waals surface area contributed by atoms with E-state index in [1.165, 1.54) is 6.07 Å². The van der Waals surface area contributed by atoms with Gasteiger partial charge in [-0.2, -0.15) is 0 Å². The zero-order chi connectivity index (χ0) is 15.9. The van der Waals surface area contributed by atoms with Crippen molar-refractivity contribution in [2.75, 3.05) is 0 Å². The molecular formula is C17H17FN2O2. The summed E-state index contributed by atoms with van der Waals surface area (Å²) < 4.78 is 13.4. The molecule has 5 heteroatoms. The summed E-state index contributed by atoms with van der Waals surface area (Å²) in [6.07, 6.45) is 0.552. The maximum absolute atomic E-state index is 13.4. The zero-order valence-corrected chi connectivity index (χ0v) is 12.0. The molecule has 0 aliphatic rings. The fourth-order valence-electron chi connectivity index (χ4n) is 2.07. The van der Waals surface area contributed by atoms with Crippen molar-refractivity contribution in [3.8, 4) is 0 Å². The highest BCUT2D eigenvalue weighted by molar-refractivity contribution is 5.92. The van der Waals surface area contributed by atoms with Crippen LogP contribution in [-0.4, -0.2) is 11.8 Å². The van der Waals surface area contributed by atoms with Gasteiger partial charge in [0, 0.05) is 18.5 Å². The first kappa shape index (κ1) is 15.7. The van der Waals surface area contributed by atoms with Gasteiger partial charge in [-0.3, -0.25) is 9.59 Å². The van der Waals surface area contributed by atoms with Crippen LogP contribution >= 0.6 is 0 Å². The third-order valence-corrected chi connectivity index (χ3v) is 3.28. The Labute approximate surface area is 128 Å². The van der Waals surface area contributed by atoms with Crippen molar-refractivity contribution in [3.05, 3.63) is 71.0 Å². The number of benzene rings is 2. The lowest BCUT2D eigenvalue weighted by Crippen LogP contribution is -2.23. The highest BCUT2D eigenvalue weighted by atomic mass is 19.1. The van der Waals surface area contributed by atoms with Crippen molar-refractivity contribution in [2.45, 2.75) is 19.4 Å². The number of hydrogen-bond donors (Lipinski definition) is 2. The molecule has 4 nitrogen and oxygen atoms in total. The van der Waals surface area contributed by atoms with Crippen molar-refractivity contribution in [1.82, 2.24) is 5.32 Å². The predicted molar refractivity (Wildman–Crippen MR) is 81.5 cm³/mol. The van der Waals surface area contributed by atoms with Crippen LogP contribution in [0.1, 0.15) is 27.9 Å². The molecule has 0 heterocycles. The summed E-state index contributed by atoms with van der Waals surface area (Å²) >= 11 is 0. The van der Waals surface area contributed by atoms with Gasteiger partial charge < -0.3 is 11.1 Å². The van der Waals surface area contributed by atoms with E-state index in [1.807, 2.05) is 0 Å². The molecule has 2 rings (SSSR count). The average Bonchev–Trinajstić information content (AvgIpc) is 2.52. The Morgan fingerprint density at radius 1 is 1.09 bits per heavy atom. The van der Waals surface area contributed by atoms with Crippen LogP contribution in [0, 0.1) is 5.82 Å². The summed E-state index contributed by atoms with van der Waals surface area (Å²) in [6.45, 7) is 0.303. The number of carbonyl (C=O) groups excluding carboxylic acids is 2. The molecule has 3 N–H and O–H groups in total. The molecule has 0 aliphatic heterocycles. The number of aryl methyl sites for hydroxylation is 1. The first-order valence-electron chi connectivity index (χ1n) is 6.95. The van der Waals surface area contributed by atoms with Crippen molar-refractivity contribution < 1.29 is 14.0 Å². The van der Waals surface area contributed by atoms with Crippen molar-refractivity contribution in [3.63, 3.8) is 0 Å². The molecule has 22 heavy (non-hydrogen) atoms. The summed E-state index contributed by atoms with van der Waals surface area (Å²) in [4.78, 5) is 22.9. The van der Waals surface area contributed by atoms with Crippen LogP contribution in [0.5, 0.6) is 0 Å². The van der Waals surface area contributed by atoms with Crippen LogP contribution in [0.3, 0.4) is 0 Å². The van der Waals surface area contributed by atoms with Gasteiger partial charge in [-0.25, -0.2) is 4.39 Å². The van der Waals surface area contributed by atoms with E-state index in [1.54, 1.807) is 42.5 Å². The lowest BCUT2D eigenvalue weighted by molar-refractivity contribution is -0.121. The van der Waals surface area contributed by atoms with Gasteiger partial charge in [0.1, 0.15) is 5.82 Å². The molecule has 2 aromatic rings. The highest BCUT2D eigenvalue weighted by Gasteiger charge is 2.06. The molecule has 0 saturated carbocycles. The summed E-state index contributed by atoms with van der Waals surface area (Å²) in [5.41, 5.74) is 6.91. The smallest absolute Gasteiger partial charge is 0.248 e. The molecule has 114 valence electrons. The van der Waals surface area contributed by atoms with Gasteiger partial charge in [-0.1, -0.05) is 30.3 Å². The van der Waals surface area contributed by atoms with Crippen LogP contribution < -0.4 is 11.1 Å². The third-order valence-electron chi connectivity index (χ3n) is 3.28. The molecule has 0 unspecified atom stereocenters. The maximum Gasteiger partial charge on any atom is 0.248 e. The van der Waals surface area contributed by atoms with Crippen molar-refractivity contribution in [2.24, 2.45) is 5.73 Å². The highest BCUT2D eigenvalue weighted by Crippen LogP contribution is 2.09. The van der Waals surface area contributed by atoms with Crippen LogP contribution in [0.25, 0.3) is 0 Å². The fraction of sp³-hybridized carbons (Fsp3) is 0.176. The molecule has 0 spiro atoms. The molecule has 0 fully saturated rings. The Balaban J connectivity index is 1.84. The third kappa shape index (κ3) is 4.41. The molecule has 0 saturated heterocycles. The lowest BCUT2D eigenvalue weighted by atomic mass is 10.1. The van der Waals surface area contributed by atoms with E-state index < -0.39 is 5.91 Å². The van der Waals surface area contributed by atoms with Crippen LogP contribution in [0.15, 0.2) is 48.5 Å². The summed E-state index contributed by atoms with van der Waals surface area (Å²) in [6, 6.07) is 13.2. The van der Waals surface area contributed by atoms with Gasteiger partial charge in [0.15, 0.2) is 0 Å². The molecule has 0 aromatic heterocycles. The minimum atomic E-state index is -0.507. The first-order chi connectivity index (χ1) is 10.6. The predicted octanol–water partition coefficient (Wildman–Crippen LogP) is 2.17. The number of primary amides is 1. The second-order valence-corrected chi connectivity index (χ2v) is 4.93. The second kappa shape index (κ2) is 7.36. The standard InChI is InChI=1S/C17H17FN2O2/c18-15-7-2-1-5-13(15)8-9-16(21)20-11-12-4-3-6-14(10-12)17(19)22/h1-7,10H,8-9,11H2,(H2,19,22)(H,20,21). The van der Waals surface area contributed by atoms with E-state index in [4.69, 9.17) is 5.73 Å². The van der Waals surface area contributed by atoms with Gasteiger partial charge in [0.2, 0.25) is 11.8 Å². The van der Waals surface area contributed by atoms with Gasteiger partial charge in [-0.15, -0.1) is 0 Å². The number of nitrogens with one attached hydrogen (secondary N) is 1. The molecular weight excluding hydrogens is 283 g/mol. The van der Waals surface area contributed by atoms with Gasteiger partial charge in [0.05, 0.1) is 0 Å². The Morgan fingerprint density at radius 2 is 1.86 bits per heavy atom. The lowest BCUT2D eigenvalue weighted by Gasteiger charge is -2.07. The number of halogens is 1. The molecule has 2 aromatic carbocycles. The molecule has 0 atom stereocenters. The monoisotopic (exact) mass is 300 g/mol. The average molecular weight is 300 g/mol. The van der Waals surface area contributed by atoms with E-state index >= 15 is 0 Å². The van der Waals surface area contributed by atoms with E-state index in [0.717, 1.165) is 5.56 Å². The van der Waals surface area contributed by atoms with Gasteiger partial charge >= 0.3 is 0 Å². The first-order valence-corrected chi connectivity index (χ1v) is 6.95. The van der Waals surface area contributed by atoms with E-state index in [2.05, 4.69) is 5.32 Å². The van der Waals surface area contributed by atoms with Crippen LogP contribution in [-0.2, 0) is 17.8 Å². The topological polar surface area (TPSA) is 72.2 Å². The number of nitrogens with two attached hydrogens (primary N) is 1. The summed E-state index contributed by atoms with van der Waals surface area (Å²) in [5.74, 6) is -0.982. The number of hydrogen-bond acceptors (Lipinski definition) is 2. The Bertz CT molecular complexity index is 686. The molecule has 2 amide bonds. The maximum atomic E-state index is 13.4. The number of rotatable bonds is 6. The minimum absolute atomic E-state index is 0.173. The van der Waals surface area contributed by atoms with Crippen LogP contribution in [0.4, 0.5) is 4.39 Å². The van der Waals surface area contributed by atoms with Crippen LogP contribution in [0.2, 0.25) is 0 Å². The summed E-state index contributed by atoms with van der Waals surface area (Å²) in [7, 11) is 0. The van der Waals surface area contributed by atoms with Gasteiger partial charge in [0.25, 0.3) is 0 Å². The Hall–Kier alpha value is -2.69. The molecule has 0 radical (unpaired) electrons. The van der Waals surface area contributed by atoms with Crippen molar-refractivity contribution >= 4 is 11.8 Å². The van der Waals surface area contributed by atoms with E-state index in [-0.39, 0.29) is 18.1 Å². The number of carbonyl (C=O) groups is 2. The number of amides is 2. The fourth-order valence-corrected chi connectivity index (χ4v) is 2.07. The molecule has 0 aliphatic carbocycles. The SMILES string of the molecule is NC(=O)c1cccc(CNC(=O)CCc2ccccc2F)c1. The van der Waals surface area contributed by atoms with E-state index in [9.17, 15) is 14.0 Å². The Morgan fingerprint density at radius 3 is 2.59 bits per heavy atom. The Kier molecular flexibility index (Phi) is 5.25. The van der Waals surface area contributed by atoms with Gasteiger partial charge in [-0.05, 0) is 35.7 Å². The van der Waals surface area contributed by atoms with Crippen molar-refractivity contribution in [1.29, 1.82) is 0 Å². The zero-order valence-electron chi connectivity index (χ0n) is 12.0. The normalized spacial score (nSPS) is 10.2. The minimum Gasteiger partial charge on any atom is -0.366 e. The summed E-state index contributed by atoms with van der Waals surface area (Å²) in [5, 5.41) is 2.74. The molecule has 0 bridgehead atoms. The quantitative estimate of drug-likeness (QED) is 0.858. The second-order valence-electron chi connectivity index (χ2n) is 4.93.